The van der Waals surface area contributed by atoms with Gasteiger partial charge < -0.3 is 229 Å². The molecule has 600 valence electrons. The van der Waals surface area contributed by atoms with Crippen LogP contribution in [0.15, 0.2) is 0 Å². The molecule has 9 fully saturated rings. The van der Waals surface area contributed by atoms with Gasteiger partial charge in [0.05, 0.1) is 59.5 Å². The number of carbonyl (C=O) groups excluding carboxylic acids is 1. The van der Waals surface area contributed by atoms with E-state index in [-0.39, 0.29) is 0 Å². The van der Waals surface area contributed by atoms with Gasteiger partial charge in [0, 0.05) is 6.92 Å². The van der Waals surface area contributed by atoms with Crippen molar-refractivity contribution >= 4 is 5.91 Å². The minimum atomic E-state index is -2.51. The zero-order valence-corrected chi connectivity index (χ0v) is 54.2. The summed E-state index contributed by atoms with van der Waals surface area (Å²) < 4.78 is 98.4. The molecular formula is C56H95NO46. The number of carbonyl (C=O) groups is 1. The minimum absolute atomic E-state index is 0.849. The van der Waals surface area contributed by atoms with Crippen molar-refractivity contribution < 1.29 is 228 Å². The largest absolute Gasteiger partial charge is 0.394 e. The van der Waals surface area contributed by atoms with Crippen LogP contribution >= 0.6 is 0 Å². The highest BCUT2D eigenvalue weighted by atomic mass is 16.8. The molecule has 29 N–H and O–H groups in total. The Hall–Kier alpha value is -2.33. The van der Waals surface area contributed by atoms with Gasteiger partial charge in [-0.1, -0.05) is 0 Å². The predicted octanol–water partition coefficient (Wildman–Crippen LogP) is -20.5. The Kier molecular flexibility index (Phi) is 30.2. The van der Waals surface area contributed by atoms with Gasteiger partial charge in [-0.15, -0.1) is 0 Å². The topological polar surface area (TPSA) is 752 Å². The molecule has 103 heavy (non-hydrogen) atoms. The summed E-state index contributed by atoms with van der Waals surface area (Å²) in [6, 6.07) is -1.76. The van der Waals surface area contributed by atoms with Gasteiger partial charge in [0.25, 0.3) is 0 Å². The monoisotopic (exact) mass is 1520 g/mol. The van der Waals surface area contributed by atoms with E-state index in [4.69, 9.17) is 80.5 Å². The summed E-state index contributed by atoms with van der Waals surface area (Å²) in [5, 5.41) is 308. The van der Waals surface area contributed by atoms with E-state index in [2.05, 4.69) is 5.32 Å². The normalized spacial score (nSPS) is 52.4. The summed E-state index contributed by atoms with van der Waals surface area (Å²) in [7, 11) is 0. The summed E-state index contributed by atoms with van der Waals surface area (Å²) in [5.74, 6) is -0.849. The minimum Gasteiger partial charge on any atom is -0.394 e. The zero-order valence-electron chi connectivity index (χ0n) is 54.2. The van der Waals surface area contributed by atoms with Gasteiger partial charge in [-0.3, -0.25) is 4.79 Å². The molecule has 0 bridgehead atoms. The second kappa shape index (κ2) is 36.7. The van der Waals surface area contributed by atoms with E-state index in [1.54, 1.807) is 0 Å². The lowest BCUT2D eigenvalue weighted by Crippen LogP contribution is -2.69. The number of aliphatic hydroxyl groups is 28. The van der Waals surface area contributed by atoms with E-state index < -0.39 is 342 Å². The van der Waals surface area contributed by atoms with Crippen molar-refractivity contribution in [2.45, 2.75) is 283 Å². The number of ether oxygens (including phenoxy) is 17. The van der Waals surface area contributed by atoms with Crippen LogP contribution in [0.1, 0.15) is 6.92 Å². The molecule has 0 aromatic heterocycles. The lowest BCUT2D eigenvalue weighted by atomic mass is 9.95. The Morgan fingerprint density at radius 1 is 0.252 bits per heavy atom. The van der Waals surface area contributed by atoms with Crippen molar-refractivity contribution in [2.24, 2.45) is 0 Å². The van der Waals surface area contributed by atoms with E-state index in [9.17, 15) is 148 Å². The van der Waals surface area contributed by atoms with Crippen LogP contribution < -0.4 is 5.32 Å². The summed E-state index contributed by atoms with van der Waals surface area (Å²) in [4.78, 5) is 12.3. The fourth-order valence-corrected chi connectivity index (χ4v) is 13.1. The maximum absolute atomic E-state index is 12.4. The molecule has 9 aliphatic heterocycles. The van der Waals surface area contributed by atoms with Crippen LogP contribution in [0.4, 0.5) is 0 Å². The van der Waals surface area contributed by atoms with Crippen LogP contribution in [0.5, 0.6) is 0 Å². The highest BCUT2D eigenvalue weighted by Gasteiger charge is 2.60. The lowest BCUT2D eigenvalue weighted by molar-refractivity contribution is -0.400. The maximum atomic E-state index is 12.4. The van der Waals surface area contributed by atoms with Crippen molar-refractivity contribution in [3.63, 3.8) is 0 Å². The van der Waals surface area contributed by atoms with E-state index in [0.29, 0.717) is 0 Å². The first kappa shape index (κ1) is 84.7. The summed E-state index contributed by atoms with van der Waals surface area (Å²) in [5.41, 5.74) is 0. The van der Waals surface area contributed by atoms with Gasteiger partial charge in [-0.2, -0.15) is 0 Å². The zero-order chi connectivity index (χ0) is 75.6. The van der Waals surface area contributed by atoms with E-state index in [1.165, 1.54) is 0 Å². The Bertz CT molecular complexity index is 2580. The van der Waals surface area contributed by atoms with Crippen molar-refractivity contribution in [3.8, 4) is 0 Å². The van der Waals surface area contributed by atoms with E-state index in [0.717, 1.165) is 6.92 Å². The predicted molar refractivity (Wildman–Crippen MR) is 309 cm³/mol. The maximum Gasteiger partial charge on any atom is 0.217 e. The van der Waals surface area contributed by atoms with Crippen LogP contribution in [0.3, 0.4) is 0 Å². The number of aliphatic hydroxyl groups excluding tert-OH is 28. The molecule has 0 aromatic carbocycles. The quantitative estimate of drug-likeness (QED) is 0.0382. The molecule has 1 amide bonds. The van der Waals surface area contributed by atoms with Gasteiger partial charge in [0.2, 0.25) is 5.91 Å². The molecule has 0 radical (unpaired) electrons. The highest BCUT2D eigenvalue weighted by Crippen LogP contribution is 2.39. The number of rotatable bonds is 26. The molecule has 9 heterocycles. The first-order chi connectivity index (χ1) is 48.8. The third-order valence-electron chi connectivity index (χ3n) is 19.1. The Morgan fingerprint density at radius 3 is 0.864 bits per heavy atom. The molecule has 0 spiro atoms. The summed E-state index contributed by atoms with van der Waals surface area (Å²) >= 11 is 0. The number of hydrogen-bond donors (Lipinski definition) is 29. The average Bonchev–Trinajstić information content (AvgIpc) is 0.774. The lowest BCUT2D eigenvalue weighted by Gasteiger charge is -2.50. The van der Waals surface area contributed by atoms with Gasteiger partial charge in [-0.25, -0.2) is 0 Å². The third-order valence-corrected chi connectivity index (χ3v) is 19.1. The van der Waals surface area contributed by atoms with Crippen molar-refractivity contribution in [2.75, 3.05) is 59.5 Å². The second-order valence-corrected chi connectivity index (χ2v) is 26.0. The van der Waals surface area contributed by atoms with Gasteiger partial charge >= 0.3 is 0 Å². The molecule has 9 rings (SSSR count). The molecular weight excluding hydrogens is 1420 g/mol. The first-order valence-corrected chi connectivity index (χ1v) is 32.7. The van der Waals surface area contributed by atoms with Crippen LogP contribution in [0, 0.1) is 0 Å². The molecule has 0 aliphatic carbocycles. The fourth-order valence-electron chi connectivity index (χ4n) is 13.1. The smallest absolute Gasteiger partial charge is 0.217 e. The average molecular weight is 1520 g/mol. The summed E-state index contributed by atoms with van der Waals surface area (Å²) in [6.45, 7) is -8.82. The molecule has 2 unspecified atom stereocenters. The van der Waals surface area contributed by atoms with Crippen molar-refractivity contribution in [1.82, 2.24) is 5.32 Å². The molecule has 45 atom stereocenters. The summed E-state index contributed by atoms with van der Waals surface area (Å²) in [6.07, 6.45) is -93.5. The molecule has 47 nitrogen and oxygen atoms in total. The Labute approximate surface area is 581 Å². The first-order valence-electron chi connectivity index (χ1n) is 32.7. The molecule has 9 aliphatic rings. The number of hydrogen-bond acceptors (Lipinski definition) is 46. The molecule has 47 heteroatoms. The molecule has 0 aromatic rings. The van der Waals surface area contributed by atoms with Crippen molar-refractivity contribution in [1.29, 1.82) is 0 Å². The van der Waals surface area contributed by atoms with Crippen molar-refractivity contribution in [3.05, 3.63) is 0 Å². The molecule has 0 saturated carbocycles. The van der Waals surface area contributed by atoms with Crippen LogP contribution in [-0.2, 0) is 85.3 Å². The van der Waals surface area contributed by atoms with Crippen LogP contribution in [0.2, 0.25) is 0 Å². The Balaban J connectivity index is 1.06. The highest BCUT2D eigenvalue weighted by molar-refractivity contribution is 5.73. The SMILES string of the molecule is CC(=O)N[C@H]1C(O)O[C@H](CO)[C@@H](O[C@@H]2O[C@H](CO[C@H]3O[C@H](CO[C@H]4O[C@H](CO)[C@@H](O)[C@H](O)[C@@H]4O[C@H]4O[C@H](CO)[C@@H](O)[C@H](O)[C@@H]4O)[C@@H](O)[C@H](O[C@H]4O[C@H](CO)[C@@H](O)[C@H](O)[C@@H]4O[C@H]4O[C@H](CO)[C@@H](O)[C@H](O)[C@@H]4O)[C@@H]3O)[C@@H](O)[C@H](O[C@H]3O[C@H](CO)[C@@H](O)[C@H](O)[C@@H]3OC3O[C@H](CO)[C@@H](O)[C@H](O)[C@@H]3O)[C@@H]2O)[C@@H]1O. The fraction of sp³-hybridized carbons (Fsp3) is 0.982. The van der Waals surface area contributed by atoms with E-state index in [1.807, 2.05) is 0 Å². The number of nitrogens with one attached hydrogen (secondary N) is 1. The van der Waals surface area contributed by atoms with Crippen LogP contribution in [0.25, 0.3) is 0 Å². The molecule has 9 saturated heterocycles. The van der Waals surface area contributed by atoms with E-state index >= 15 is 0 Å². The third kappa shape index (κ3) is 18.0. The van der Waals surface area contributed by atoms with Gasteiger partial charge in [-0.05, 0) is 0 Å². The van der Waals surface area contributed by atoms with Gasteiger partial charge in [0.1, 0.15) is 220 Å². The number of amides is 1. The second-order valence-electron chi connectivity index (χ2n) is 26.0. The van der Waals surface area contributed by atoms with Crippen LogP contribution in [-0.4, -0.2) is 485 Å². The van der Waals surface area contributed by atoms with Gasteiger partial charge in [0.15, 0.2) is 56.6 Å². The Morgan fingerprint density at radius 2 is 0.515 bits per heavy atom. The standard InChI is InChI=1S/C56H95NO46/c1-11(65)57-21-30(74)42(18(8-64)89-48(21)86)98-53-41(85)44(100-56-47(36(80)27(71)17(7-63)95-56)103-52-39(83)33(77)24(68)14(4-60)92-52)29(73)20(97-53)9-87-49-40(84)43(99-55-46(35(79)26(70)16(6-62)94-55)102-51-38(82)32(76)23(67)13(3-59)91-51)28(72)19(96-49)10-88-54-45(34(78)25(69)15(5-61)93-54)101-50-37(81)31(75)22(66)12(2-58)90-50/h12-56,58-64,66-86H,2-10H2,1H3,(H,57,65)/t12-,13-,14-,15-,16-,17-,18-,19-,20-,21-,22-,23-,24-,25-,26-,27-,28-,29-,30-,31+,32+,33+,34+,35+,36+,37+,38+,39+,40+,41+,42-,43+,44+,45+,46+,47+,48?,49+,50-,51-,52?,53+,54+,55-,56-/m1/s1.